The van der Waals surface area contributed by atoms with E-state index in [4.69, 9.17) is 14.7 Å². The molecule has 0 radical (unpaired) electrons. The minimum absolute atomic E-state index is 0.0354. The summed E-state index contributed by atoms with van der Waals surface area (Å²) >= 11 is 0. The smallest absolute Gasteiger partial charge is 0.338 e. The van der Waals surface area contributed by atoms with Crippen molar-refractivity contribution in [3.05, 3.63) is 65.6 Å². The molecule has 0 aliphatic carbocycles. The third kappa shape index (κ3) is 9.41. The second-order valence-corrected chi connectivity index (χ2v) is 8.21. The second-order valence-electron chi connectivity index (χ2n) is 8.21. The van der Waals surface area contributed by atoms with Crippen LogP contribution in [0.4, 0.5) is 0 Å². The molecule has 0 unspecified atom stereocenters. The van der Waals surface area contributed by atoms with Crippen LogP contribution >= 0.6 is 0 Å². The number of nitriles is 1. The number of aliphatic carboxylic acids is 1. The molecule has 5 heteroatoms. The van der Waals surface area contributed by atoms with Crippen molar-refractivity contribution < 1.29 is 19.4 Å². The number of rotatable bonds is 15. The first-order chi connectivity index (χ1) is 16.0. The van der Waals surface area contributed by atoms with Gasteiger partial charge in [-0.1, -0.05) is 82.6 Å². The average molecular weight is 450 g/mol. The van der Waals surface area contributed by atoms with Gasteiger partial charge >= 0.3 is 5.97 Å². The van der Waals surface area contributed by atoms with E-state index in [-0.39, 0.29) is 11.5 Å². The largest absolute Gasteiger partial charge is 0.478 e. The number of unbranched alkanes of at least 4 members (excludes halogenated alkanes) is 8. The molecule has 1 N–H and O–H groups in total. The van der Waals surface area contributed by atoms with Crippen LogP contribution in [0, 0.1) is 11.3 Å². The Hall–Kier alpha value is -3.26. The fraction of sp³-hybridized carbons (Fsp3) is 0.429. The lowest BCUT2D eigenvalue weighted by molar-refractivity contribution is -0.133. The van der Waals surface area contributed by atoms with Crippen LogP contribution in [-0.4, -0.2) is 17.7 Å². The van der Waals surface area contributed by atoms with Crippen molar-refractivity contribution in [3.63, 3.8) is 0 Å². The minimum Gasteiger partial charge on any atom is -0.478 e. The van der Waals surface area contributed by atoms with Crippen molar-refractivity contribution in [2.24, 2.45) is 0 Å². The fourth-order valence-electron chi connectivity index (χ4n) is 3.44. The molecule has 0 aliphatic heterocycles. The van der Waals surface area contributed by atoms with Gasteiger partial charge in [-0.2, -0.15) is 5.26 Å². The third-order valence-electron chi connectivity index (χ3n) is 5.52. The quantitative estimate of drug-likeness (QED) is 0.173. The van der Waals surface area contributed by atoms with Crippen molar-refractivity contribution in [2.45, 2.75) is 71.6 Å². The number of carboxylic acid groups (broad SMARTS) is 1. The van der Waals surface area contributed by atoms with E-state index in [9.17, 15) is 9.90 Å². The molecule has 0 amide bonds. The molecule has 0 fully saturated rings. The van der Waals surface area contributed by atoms with E-state index in [0.717, 1.165) is 24.0 Å². The van der Waals surface area contributed by atoms with E-state index in [1.54, 1.807) is 24.3 Å². The zero-order chi connectivity index (χ0) is 23.9. The van der Waals surface area contributed by atoms with E-state index >= 15 is 0 Å². The molecule has 0 aliphatic rings. The van der Waals surface area contributed by atoms with Crippen LogP contribution in [0.15, 0.2) is 60.0 Å². The number of carboxylic acids is 1. The van der Waals surface area contributed by atoms with Crippen LogP contribution in [0.5, 0.6) is 5.75 Å². The Labute approximate surface area is 197 Å². The van der Waals surface area contributed by atoms with Crippen LogP contribution in [0.25, 0.3) is 11.1 Å². The Balaban J connectivity index is 1.85. The van der Waals surface area contributed by atoms with Crippen molar-refractivity contribution in [3.8, 4) is 22.9 Å². The second kappa shape index (κ2) is 14.7. The van der Waals surface area contributed by atoms with Crippen molar-refractivity contribution in [1.82, 2.24) is 0 Å². The molecule has 0 atom stereocenters. The molecule has 0 saturated heterocycles. The highest BCUT2D eigenvalue weighted by Crippen LogP contribution is 2.25. The molecule has 176 valence electrons. The first-order valence-corrected chi connectivity index (χ1v) is 11.9. The molecular weight excluding hydrogens is 414 g/mol. The van der Waals surface area contributed by atoms with Crippen molar-refractivity contribution in [1.29, 1.82) is 5.26 Å². The van der Waals surface area contributed by atoms with Gasteiger partial charge < -0.3 is 14.6 Å². The summed E-state index contributed by atoms with van der Waals surface area (Å²) < 4.78 is 11.5. The third-order valence-corrected chi connectivity index (χ3v) is 5.52. The van der Waals surface area contributed by atoms with Gasteiger partial charge in [0, 0.05) is 0 Å². The van der Waals surface area contributed by atoms with Crippen LogP contribution in [0.1, 0.15) is 77.2 Å². The highest BCUT2D eigenvalue weighted by atomic mass is 16.7. The van der Waals surface area contributed by atoms with Crippen LogP contribution < -0.4 is 4.74 Å². The number of carbonyl (C=O) groups is 1. The zero-order valence-electron chi connectivity index (χ0n) is 19.8. The Kier molecular flexibility index (Phi) is 11.6. The lowest BCUT2D eigenvalue weighted by Crippen LogP contribution is -2.10. The Morgan fingerprint density at radius 2 is 1.36 bits per heavy atom. The van der Waals surface area contributed by atoms with Gasteiger partial charge in [-0.25, -0.2) is 4.79 Å². The normalized spacial score (nSPS) is 11.4. The van der Waals surface area contributed by atoms with Crippen molar-refractivity contribution in [2.75, 3.05) is 6.61 Å². The summed E-state index contributed by atoms with van der Waals surface area (Å²) in [6, 6.07) is 16.8. The molecule has 0 heterocycles. The first-order valence-electron chi connectivity index (χ1n) is 11.9. The van der Waals surface area contributed by atoms with Gasteiger partial charge in [-0.15, -0.1) is 0 Å². The number of nitrogens with zero attached hydrogens (tertiary/aromatic N) is 1. The topological polar surface area (TPSA) is 79.5 Å². The molecular formula is C28H35NO4. The highest BCUT2D eigenvalue weighted by molar-refractivity contribution is 5.86. The summed E-state index contributed by atoms with van der Waals surface area (Å²) in [5, 5.41) is 18.3. The van der Waals surface area contributed by atoms with Gasteiger partial charge in [-0.05, 0) is 48.7 Å². The van der Waals surface area contributed by atoms with Gasteiger partial charge in [0.15, 0.2) is 0 Å². The van der Waals surface area contributed by atoms with Gasteiger partial charge in [0.2, 0.25) is 0 Å². The predicted molar refractivity (Wildman–Crippen MR) is 131 cm³/mol. The lowest BCUT2D eigenvalue weighted by Gasteiger charge is -2.14. The molecule has 0 saturated carbocycles. The maximum atomic E-state index is 11.5. The van der Waals surface area contributed by atoms with Gasteiger partial charge in [0.25, 0.3) is 5.95 Å². The summed E-state index contributed by atoms with van der Waals surface area (Å²) in [6.07, 6.45) is 10.9. The van der Waals surface area contributed by atoms with E-state index in [1.165, 1.54) is 51.9 Å². The van der Waals surface area contributed by atoms with Gasteiger partial charge in [-0.3, -0.25) is 0 Å². The summed E-state index contributed by atoms with van der Waals surface area (Å²) in [5.74, 6) is -0.519. The van der Waals surface area contributed by atoms with Gasteiger partial charge in [0.05, 0.1) is 18.2 Å². The molecule has 0 aromatic heterocycles. The van der Waals surface area contributed by atoms with E-state index in [0.29, 0.717) is 17.9 Å². The predicted octanol–water partition coefficient (Wildman–Crippen LogP) is 7.47. The molecule has 33 heavy (non-hydrogen) atoms. The Morgan fingerprint density at radius 3 is 1.88 bits per heavy atom. The molecule has 0 bridgehead atoms. The number of ether oxygens (including phenoxy) is 2. The summed E-state index contributed by atoms with van der Waals surface area (Å²) in [4.78, 5) is 11.5. The summed E-state index contributed by atoms with van der Waals surface area (Å²) in [6.45, 7) is 4.14. The molecule has 2 aromatic rings. The first kappa shape index (κ1) is 26.0. The van der Waals surface area contributed by atoms with Crippen molar-refractivity contribution >= 4 is 5.97 Å². The molecule has 2 aromatic carbocycles. The SMILES string of the molecule is CCCCCCCCCCCO/C(Oc1ccc(-c2ccc(C#N)cc2)cc1)=C(/C)C(=O)O. The van der Waals surface area contributed by atoms with Gasteiger partial charge in [0.1, 0.15) is 11.3 Å². The number of hydrogen-bond donors (Lipinski definition) is 1. The summed E-state index contributed by atoms with van der Waals surface area (Å²) in [7, 11) is 0. The Bertz CT molecular complexity index is 924. The standard InChI is InChI=1S/C28H35NO4/c1-3-4-5-6-7-8-9-10-11-20-32-28(22(2)27(30)31)33-26-18-16-25(17-19-26)24-14-12-23(21-29)13-15-24/h12-19H,3-11,20H2,1-2H3,(H,30,31)/b28-22+. The van der Waals surface area contributed by atoms with Crippen LogP contribution in [0.2, 0.25) is 0 Å². The molecule has 2 rings (SSSR count). The lowest BCUT2D eigenvalue weighted by atomic mass is 10.0. The van der Waals surface area contributed by atoms with E-state index in [1.807, 2.05) is 24.3 Å². The number of hydrogen-bond acceptors (Lipinski definition) is 4. The highest BCUT2D eigenvalue weighted by Gasteiger charge is 2.14. The maximum Gasteiger partial charge on any atom is 0.338 e. The Morgan fingerprint density at radius 1 is 0.848 bits per heavy atom. The van der Waals surface area contributed by atoms with E-state index < -0.39 is 5.97 Å². The average Bonchev–Trinajstić information content (AvgIpc) is 2.84. The molecule has 0 spiro atoms. The summed E-state index contributed by atoms with van der Waals surface area (Å²) in [5.41, 5.74) is 2.62. The molecule has 5 nitrogen and oxygen atoms in total. The van der Waals surface area contributed by atoms with E-state index in [2.05, 4.69) is 13.0 Å². The number of benzene rings is 2. The van der Waals surface area contributed by atoms with Crippen LogP contribution in [-0.2, 0) is 9.53 Å². The van der Waals surface area contributed by atoms with Crippen LogP contribution in [0.3, 0.4) is 0 Å². The minimum atomic E-state index is -1.06. The maximum absolute atomic E-state index is 11.5. The monoisotopic (exact) mass is 449 g/mol. The fourth-order valence-corrected chi connectivity index (χ4v) is 3.44. The zero-order valence-corrected chi connectivity index (χ0v) is 19.8.